The Labute approximate surface area is 84.8 Å². The molecule has 0 saturated carbocycles. The number of esters is 1. The van der Waals surface area contributed by atoms with Crippen LogP contribution in [0.3, 0.4) is 0 Å². The standard InChI is InChI=1S/C9H10N2O4/c1-6-5-7(12)10-9(14)11(6)4-3-8(13)15-2/h3-5H,1-2H3,(H,10,12,14)/b4-3-. The zero-order valence-corrected chi connectivity index (χ0v) is 8.31. The molecule has 0 amide bonds. The number of carbonyl (C=O) groups is 1. The van der Waals surface area contributed by atoms with Crippen LogP contribution in [0, 0.1) is 6.92 Å². The number of rotatable bonds is 2. The number of nitrogens with one attached hydrogen (secondary N) is 1. The van der Waals surface area contributed by atoms with E-state index in [1.807, 2.05) is 0 Å². The molecule has 0 saturated heterocycles. The molecule has 15 heavy (non-hydrogen) atoms. The smallest absolute Gasteiger partial charge is 0.332 e. The first kappa shape index (κ1) is 11.0. The van der Waals surface area contributed by atoms with Crippen molar-refractivity contribution in [3.63, 3.8) is 0 Å². The Balaban J connectivity index is 3.16. The molecule has 1 N–H and O–H groups in total. The molecule has 6 heteroatoms. The Morgan fingerprint density at radius 1 is 1.53 bits per heavy atom. The highest BCUT2D eigenvalue weighted by Gasteiger charge is 1.99. The molecule has 0 aliphatic rings. The zero-order chi connectivity index (χ0) is 11.4. The van der Waals surface area contributed by atoms with Gasteiger partial charge < -0.3 is 4.74 Å². The maximum absolute atomic E-state index is 11.3. The molecule has 0 aliphatic carbocycles. The van der Waals surface area contributed by atoms with Gasteiger partial charge in [0.2, 0.25) is 0 Å². The molecule has 1 rings (SSSR count). The van der Waals surface area contributed by atoms with E-state index in [4.69, 9.17) is 0 Å². The lowest BCUT2D eigenvalue weighted by atomic mass is 10.4. The van der Waals surface area contributed by atoms with Crippen LogP contribution in [0.1, 0.15) is 5.69 Å². The fourth-order valence-electron chi connectivity index (χ4n) is 1.01. The fourth-order valence-corrected chi connectivity index (χ4v) is 1.01. The SMILES string of the molecule is COC(=O)/C=C\n1c(C)cc(=O)[nH]c1=O. The maximum Gasteiger partial charge on any atom is 0.332 e. The summed E-state index contributed by atoms with van der Waals surface area (Å²) in [7, 11) is 1.23. The second-order valence-electron chi connectivity index (χ2n) is 2.79. The molecule has 0 radical (unpaired) electrons. The Hall–Kier alpha value is -2.11. The van der Waals surface area contributed by atoms with E-state index >= 15 is 0 Å². The Morgan fingerprint density at radius 3 is 2.73 bits per heavy atom. The number of aromatic nitrogens is 2. The predicted octanol–water partition coefficient (Wildman–Crippen LogP) is -0.511. The average molecular weight is 210 g/mol. The number of hydrogen-bond acceptors (Lipinski definition) is 4. The first-order valence-corrected chi connectivity index (χ1v) is 4.13. The third kappa shape index (κ3) is 2.67. The number of aryl methyl sites for hydroxylation is 1. The minimum atomic E-state index is -0.597. The summed E-state index contributed by atoms with van der Waals surface area (Å²) in [5.41, 5.74) is -0.635. The van der Waals surface area contributed by atoms with E-state index in [1.165, 1.54) is 19.4 Å². The maximum atomic E-state index is 11.3. The van der Waals surface area contributed by atoms with Gasteiger partial charge in [0.25, 0.3) is 5.56 Å². The van der Waals surface area contributed by atoms with Crippen molar-refractivity contribution < 1.29 is 9.53 Å². The third-order valence-electron chi connectivity index (χ3n) is 1.73. The highest BCUT2D eigenvalue weighted by molar-refractivity contribution is 5.84. The van der Waals surface area contributed by atoms with Gasteiger partial charge in [0, 0.05) is 24.0 Å². The van der Waals surface area contributed by atoms with Crippen LogP contribution in [0.25, 0.3) is 6.20 Å². The van der Waals surface area contributed by atoms with Crippen LogP contribution in [-0.2, 0) is 9.53 Å². The number of hydrogen-bond donors (Lipinski definition) is 1. The normalized spacial score (nSPS) is 10.5. The largest absolute Gasteiger partial charge is 0.466 e. The molecule has 0 atom stereocenters. The molecular weight excluding hydrogens is 200 g/mol. The summed E-state index contributed by atoms with van der Waals surface area (Å²) in [6, 6.07) is 1.25. The van der Waals surface area contributed by atoms with E-state index in [1.54, 1.807) is 6.92 Å². The first-order valence-electron chi connectivity index (χ1n) is 4.13. The number of methoxy groups -OCH3 is 1. The summed E-state index contributed by atoms with van der Waals surface area (Å²) in [6.07, 6.45) is 2.33. The molecule has 6 nitrogen and oxygen atoms in total. The third-order valence-corrected chi connectivity index (χ3v) is 1.73. The molecular formula is C9H10N2O4. The Kier molecular flexibility index (Phi) is 3.22. The van der Waals surface area contributed by atoms with E-state index in [0.717, 1.165) is 10.6 Å². The van der Waals surface area contributed by atoms with Crippen molar-refractivity contribution in [2.24, 2.45) is 0 Å². The van der Waals surface area contributed by atoms with Crippen molar-refractivity contribution in [1.82, 2.24) is 9.55 Å². The number of H-pyrrole nitrogens is 1. The average Bonchev–Trinajstić information content (AvgIpc) is 2.15. The molecule has 0 unspecified atom stereocenters. The van der Waals surface area contributed by atoms with Crippen LogP contribution in [0.2, 0.25) is 0 Å². The van der Waals surface area contributed by atoms with Crippen LogP contribution < -0.4 is 11.2 Å². The topological polar surface area (TPSA) is 81.2 Å². The van der Waals surface area contributed by atoms with Crippen LogP contribution in [0.5, 0.6) is 0 Å². The van der Waals surface area contributed by atoms with Crippen LogP contribution in [0.4, 0.5) is 0 Å². The van der Waals surface area contributed by atoms with Crippen molar-refractivity contribution >= 4 is 12.2 Å². The molecule has 80 valence electrons. The van der Waals surface area contributed by atoms with Gasteiger partial charge in [-0.1, -0.05) is 0 Å². The highest BCUT2D eigenvalue weighted by Crippen LogP contribution is 1.90. The second-order valence-corrected chi connectivity index (χ2v) is 2.79. The summed E-state index contributed by atoms with van der Waals surface area (Å²) in [4.78, 5) is 35.0. The second kappa shape index (κ2) is 4.41. The lowest BCUT2D eigenvalue weighted by Gasteiger charge is -2.01. The van der Waals surface area contributed by atoms with Crippen molar-refractivity contribution in [3.8, 4) is 0 Å². The van der Waals surface area contributed by atoms with E-state index in [9.17, 15) is 14.4 Å². The van der Waals surface area contributed by atoms with Crippen molar-refractivity contribution in [3.05, 3.63) is 38.7 Å². The van der Waals surface area contributed by atoms with Crippen LogP contribution >= 0.6 is 0 Å². The number of carbonyl (C=O) groups excluding carboxylic acids is 1. The highest BCUT2D eigenvalue weighted by atomic mass is 16.5. The van der Waals surface area contributed by atoms with E-state index < -0.39 is 17.2 Å². The lowest BCUT2D eigenvalue weighted by molar-refractivity contribution is -0.134. The monoisotopic (exact) mass is 210 g/mol. The number of nitrogens with zero attached hydrogens (tertiary/aromatic N) is 1. The molecule has 0 aliphatic heterocycles. The summed E-state index contributed by atoms with van der Waals surface area (Å²) in [5.74, 6) is -0.576. The van der Waals surface area contributed by atoms with Crippen LogP contribution in [0.15, 0.2) is 21.7 Å². The summed E-state index contributed by atoms with van der Waals surface area (Å²) in [6.45, 7) is 1.58. The molecule has 0 aromatic carbocycles. The van der Waals surface area contributed by atoms with Gasteiger partial charge in [-0.25, -0.2) is 9.59 Å². The van der Waals surface area contributed by atoms with Gasteiger partial charge in [0.05, 0.1) is 7.11 Å². The van der Waals surface area contributed by atoms with E-state index in [-0.39, 0.29) is 0 Å². The Bertz CT molecular complexity index is 510. The van der Waals surface area contributed by atoms with Gasteiger partial charge in [-0.05, 0) is 6.92 Å². The fraction of sp³-hybridized carbons (Fsp3) is 0.222. The van der Waals surface area contributed by atoms with Gasteiger partial charge in [0.1, 0.15) is 0 Å². The van der Waals surface area contributed by atoms with Gasteiger partial charge >= 0.3 is 11.7 Å². The van der Waals surface area contributed by atoms with Crippen LogP contribution in [-0.4, -0.2) is 22.6 Å². The quantitative estimate of drug-likeness (QED) is 0.526. The van der Waals surface area contributed by atoms with Gasteiger partial charge in [0.15, 0.2) is 0 Å². The van der Waals surface area contributed by atoms with Crippen molar-refractivity contribution in [1.29, 1.82) is 0 Å². The van der Waals surface area contributed by atoms with Gasteiger partial charge in [-0.15, -0.1) is 0 Å². The number of aromatic amines is 1. The Morgan fingerprint density at radius 2 is 2.20 bits per heavy atom. The number of ether oxygens (including phenoxy) is 1. The molecule has 0 bridgehead atoms. The molecule has 1 aromatic heterocycles. The lowest BCUT2D eigenvalue weighted by Crippen LogP contribution is -2.28. The minimum absolute atomic E-state index is 0.434. The first-order chi connectivity index (χ1) is 7.04. The summed E-state index contributed by atoms with van der Waals surface area (Å²) in [5, 5.41) is 0. The zero-order valence-electron chi connectivity index (χ0n) is 8.31. The van der Waals surface area contributed by atoms with E-state index in [2.05, 4.69) is 9.72 Å². The van der Waals surface area contributed by atoms with Crippen molar-refractivity contribution in [2.45, 2.75) is 6.92 Å². The predicted molar refractivity (Wildman–Crippen MR) is 53.4 cm³/mol. The molecule has 0 spiro atoms. The van der Waals surface area contributed by atoms with Crippen molar-refractivity contribution in [2.75, 3.05) is 7.11 Å². The molecule has 1 aromatic rings. The summed E-state index contributed by atoms with van der Waals surface area (Å²) >= 11 is 0. The van der Waals surface area contributed by atoms with Gasteiger partial charge in [-0.2, -0.15) is 0 Å². The summed E-state index contributed by atoms with van der Waals surface area (Å²) < 4.78 is 5.50. The van der Waals surface area contributed by atoms with E-state index in [0.29, 0.717) is 5.69 Å². The minimum Gasteiger partial charge on any atom is -0.466 e. The molecule has 1 heterocycles. The van der Waals surface area contributed by atoms with Gasteiger partial charge in [-0.3, -0.25) is 14.3 Å². The molecule has 0 fully saturated rings.